The summed E-state index contributed by atoms with van der Waals surface area (Å²) in [6.45, 7) is 5.97. The summed E-state index contributed by atoms with van der Waals surface area (Å²) >= 11 is 0. The molecule has 5 nitrogen and oxygen atoms in total. The molecule has 2 atom stereocenters. The summed E-state index contributed by atoms with van der Waals surface area (Å²) in [4.78, 5) is 22.3. The number of carbonyl (C=O) groups is 2. The highest BCUT2D eigenvalue weighted by Gasteiger charge is 2.25. The Labute approximate surface area is 94.9 Å². The van der Waals surface area contributed by atoms with E-state index in [9.17, 15) is 9.59 Å². The Balaban J connectivity index is 2.30. The van der Waals surface area contributed by atoms with E-state index in [-0.39, 0.29) is 17.9 Å². The first-order valence-corrected chi connectivity index (χ1v) is 5.41. The van der Waals surface area contributed by atoms with E-state index in [1.807, 2.05) is 0 Å². The topological polar surface area (TPSA) is 78.4 Å². The average molecular weight is 226 g/mol. The van der Waals surface area contributed by atoms with Crippen molar-refractivity contribution in [3.05, 3.63) is 12.2 Å². The number of hydrogen-bond acceptors (Lipinski definition) is 4. The number of nitrogens with one attached hydrogen (secondary N) is 2. The van der Waals surface area contributed by atoms with Crippen molar-refractivity contribution in [3.63, 3.8) is 0 Å². The van der Waals surface area contributed by atoms with Crippen LogP contribution in [0.5, 0.6) is 0 Å². The Hall–Kier alpha value is -1.20. The predicted molar refractivity (Wildman–Crippen MR) is 59.6 cm³/mol. The minimum Gasteiger partial charge on any atom is -0.393 e. The molecule has 2 unspecified atom stereocenters. The fourth-order valence-corrected chi connectivity index (χ4v) is 1.65. The maximum absolute atomic E-state index is 11.4. The summed E-state index contributed by atoms with van der Waals surface area (Å²) in [5.41, 5.74) is 0.847. The number of hydrogen-bond donors (Lipinski definition) is 3. The molecule has 0 spiro atoms. The maximum Gasteiger partial charge on any atom is 0.243 e. The zero-order chi connectivity index (χ0) is 12.1. The molecule has 0 saturated carbocycles. The van der Waals surface area contributed by atoms with E-state index in [0.717, 1.165) is 5.57 Å². The standard InChI is InChI=1S/C11H18N2O3/c1-7(5-8(2)14)6-12-9-3-4-10(15)13-11(9)16/h8-9,12,14H,1,3-6H2,2H3,(H,13,15,16). The third-order valence-electron chi connectivity index (χ3n) is 2.42. The Kier molecular flexibility index (Phi) is 4.64. The van der Waals surface area contributed by atoms with Crippen LogP contribution in [0.2, 0.25) is 0 Å². The van der Waals surface area contributed by atoms with Crippen molar-refractivity contribution >= 4 is 11.8 Å². The molecule has 0 bridgehead atoms. The fraction of sp³-hybridized carbons (Fsp3) is 0.636. The van der Waals surface area contributed by atoms with Gasteiger partial charge in [0.05, 0.1) is 12.1 Å². The minimum absolute atomic E-state index is 0.217. The molecule has 16 heavy (non-hydrogen) atoms. The lowest BCUT2D eigenvalue weighted by Crippen LogP contribution is -2.51. The van der Waals surface area contributed by atoms with Crippen LogP contribution in [0.1, 0.15) is 26.2 Å². The van der Waals surface area contributed by atoms with Gasteiger partial charge < -0.3 is 10.4 Å². The van der Waals surface area contributed by atoms with Gasteiger partial charge in [-0.2, -0.15) is 0 Å². The molecule has 1 fully saturated rings. The third-order valence-corrected chi connectivity index (χ3v) is 2.42. The molecule has 5 heteroatoms. The highest BCUT2D eigenvalue weighted by atomic mass is 16.3. The van der Waals surface area contributed by atoms with Gasteiger partial charge in [-0.25, -0.2) is 0 Å². The molecule has 0 aromatic carbocycles. The number of imide groups is 1. The van der Waals surface area contributed by atoms with Crippen molar-refractivity contribution in [1.82, 2.24) is 10.6 Å². The molecule has 3 N–H and O–H groups in total. The number of amides is 2. The van der Waals surface area contributed by atoms with Crippen LogP contribution in [0.15, 0.2) is 12.2 Å². The van der Waals surface area contributed by atoms with E-state index in [1.165, 1.54) is 0 Å². The smallest absolute Gasteiger partial charge is 0.243 e. The van der Waals surface area contributed by atoms with Crippen LogP contribution in [0.25, 0.3) is 0 Å². The fourth-order valence-electron chi connectivity index (χ4n) is 1.65. The van der Waals surface area contributed by atoms with Crippen LogP contribution >= 0.6 is 0 Å². The monoisotopic (exact) mass is 226 g/mol. The van der Waals surface area contributed by atoms with Gasteiger partial charge in [-0.1, -0.05) is 12.2 Å². The highest BCUT2D eigenvalue weighted by molar-refractivity contribution is 6.00. The van der Waals surface area contributed by atoms with E-state index in [0.29, 0.717) is 25.8 Å². The van der Waals surface area contributed by atoms with E-state index in [4.69, 9.17) is 5.11 Å². The molecule has 0 aromatic rings. The normalized spacial score (nSPS) is 22.8. The van der Waals surface area contributed by atoms with Gasteiger partial charge in [-0.05, 0) is 19.8 Å². The van der Waals surface area contributed by atoms with Crippen molar-refractivity contribution in [2.75, 3.05) is 6.54 Å². The first-order valence-electron chi connectivity index (χ1n) is 5.41. The summed E-state index contributed by atoms with van der Waals surface area (Å²) in [5.74, 6) is -0.494. The summed E-state index contributed by atoms with van der Waals surface area (Å²) < 4.78 is 0. The van der Waals surface area contributed by atoms with Gasteiger partial charge in [0.15, 0.2) is 0 Å². The Bertz CT molecular complexity index is 300. The number of piperidine rings is 1. The van der Waals surface area contributed by atoms with E-state index in [1.54, 1.807) is 6.92 Å². The molecular weight excluding hydrogens is 208 g/mol. The van der Waals surface area contributed by atoms with Gasteiger partial charge in [-0.15, -0.1) is 0 Å². The summed E-state index contributed by atoms with van der Waals surface area (Å²) in [5, 5.41) is 14.4. The summed E-state index contributed by atoms with van der Waals surface area (Å²) in [7, 11) is 0. The lowest BCUT2D eigenvalue weighted by atomic mass is 10.1. The van der Waals surface area contributed by atoms with E-state index in [2.05, 4.69) is 17.2 Å². The third kappa shape index (κ3) is 4.12. The molecule has 0 aromatic heterocycles. The van der Waals surface area contributed by atoms with Crippen molar-refractivity contribution in [2.45, 2.75) is 38.3 Å². The molecule has 1 aliphatic rings. The molecule has 90 valence electrons. The number of aliphatic hydroxyl groups excluding tert-OH is 1. The average Bonchev–Trinajstić information content (AvgIpc) is 2.15. The Morgan fingerprint density at radius 2 is 2.38 bits per heavy atom. The largest absolute Gasteiger partial charge is 0.393 e. The van der Waals surface area contributed by atoms with Crippen LogP contribution in [0.3, 0.4) is 0 Å². The predicted octanol–water partition coefficient (Wildman–Crippen LogP) is -0.292. The van der Waals surface area contributed by atoms with Gasteiger partial charge >= 0.3 is 0 Å². The quantitative estimate of drug-likeness (QED) is 0.444. The lowest BCUT2D eigenvalue weighted by molar-refractivity contribution is -0.134. The molecule has 2 amide bonds. The minimum atomic E-state index is -0.420. The zero-order valence-corrected chi connectivity index (χ0v) is 9.45. The molecular formula is C11H18N2O3. The van der Waals surface area contributed by atoms with Crippen LogP contribution in [-0.2, 0) is 9.59 Å². The molecule has 1 aliphatic heterocycles. The molecule has 1 heterocycles. The van der Waals surface area contributed by atoms with Gasteiger partial charge in [0.25, 0.3) is 0 Å². The van der Waals surface area contributed by atoms with Crippen molar-refractivity contribution in [2.24, 2.45) is 0 Å². The van der Waals surface area contributed by atoms with Crippen molar-refractivity contribution in [3.8, 4) is 0 Å². The lowest BCUT2D eigenvalue weighted by Gasteiger charge is -2.22. The van der Waals surface area contributed by atoms with Crippen molar-refractivity contribution in [1.29, 1.82) is 0 Å². The summed E-state index contributed by atoms with van der Waals surface area (Å²) in [6.07, 6.45) is 0.982. The van der Waals surface area contributed by atoms with Gasteiger partial charge in [0.1, 0.15) is 0 Å². The molecule has 1 saturated heterocycles. The van der Waals surface area contributed by atoms with E-state index < -0.39 is 6.10 Å². The van der Waals surface area contributed by atoms with Crippen LogP contribution < -0.4 is 10.6 Å². The number of rotatable bonds is 5. The second-order valence-electron chi connectivity index (χ2n) is 4.19. The zero-order valence-electron chi connectivity index (χ0n) is 9.45. The van der Waals surface area contributed by atoms with Gasteiger partial charge in [-0.3, -0.25) is 14.9 Å². The first-order chi connectivity index (χ1) is 7.49. The number of aliphatic hydroxyl groups is 1. The summed E-state index contributed by atoms with van der Waals surface area (Å²) in [6, 6.07) is -0.330. The molecule has 1 rings (SSSR count). The molecule has 0 aliphatic carbocycles. The SMILES string of the molecule is C=C(CNC1CCC(=O)NC1=O)CC(C)O. The first kappa shape index (κ1) is 12.9. The Morgan fingerprint density at radius 3 is 2.94 bits per heavy atom. The molecule has 0 radical (unpaired) electrons. The second kappa shape index (κ2) is 5.77. The van der Waals surface area contributed by atoms with Crippen LogP contribution in [0.4, 0.5) is 0 Å². The second-order valence-corrected chi connectivity index (χ2v) is 4.19. The Morgan fingerprint density at radius 1 is 1.69 bits per heavy atom. The number of carbonyl (C=O) groups excluding carboxylic acids is 2. The van der Waals surface area contributed by atoms with Crippen LogP contribution in [0, 0.1) is 0 Å². The van der Waals surface area contributed by atoms with Gasteiger partial charge in [0.2, 0.25) is 11.8 Å². The maximum atomic E-state index is 11.4. The van der Waals surface area contributed by atoms with E-state index >= 15 is 0 Å². The highest BCUT2D eigenvalue weighted by Crippen LogP contribution is 2.06. The van der Waals surface area contributed by atoms with Crippen molar-refractivity contribution < 1.29 is 14.7 Å². The van der Waals surface area contributed by atoms with Crippen LogP contribution in [-0.4, -0.2) is 35.6 Å². The van der Waals surface area contributed by atoms with Gasteiger partial charge in [0, 0.05) is 13.0 Å².